The second-order valence-corrected chi connectivity index (χ2v) is 7.02. The number of nitrogens with zero attached hydrogens (tertiary/aromatic N) is 4. The fraction of sp³-hybridized carbons (Fsp3) is 0.158. The van der Waals surface area contributed by atoms with Gasteiger partial charge in [-0.05, 0) is 36.9 Å². The number of aryl methyl sites for hydroxylation is 2. The van der Waals surface area contributed by atoms with Crippen molar-refractivity contribution >= 4 is 27.9 Å². The molecule has 4 aromatic rings. The predicted molar refractivity (Wildman–Crippen MR) is 103 cm³/mol. The molecular formula is C19H16N6S. The number of rotatable bonds is 4. The zero-order chi connectivity index (χ0) is 18.1. The van der Waals surface area contributed by atoms with Crippen molar-refractivity contribution in [1.29, 1.82) is 5.26 Å². The number of aromatic nitrogens is 4. The number of fused-ring (bicyclic) bond motifs is 1. The van der Waals surface area contributed by atoms with Gasteiger partial charge < -0.3 is 5.32 Å². The molecule has 0 spiro atoms. The lowest BCUT2D eigenvalue weighted by Gasteiger charge is -2.12. The van der Waals surface area contributed by atoms with Gasteiger partial charge in [0, 0.05) is 11.6 Å². The van der Waals surface area contributed by atoms with Gasteiger partial charge in [-0.15, -0.1) is 11.3 Å². The summed E-state index contributed by atoms with van der Waals surface area (Å²) in [6.07, 6.45) is 1.62. The number of hydrogen-bond donors (Lipinski definition) is 2. The van der Waals surface area contributed by atoms with Gasteiger partial charge in [0.2, 0.25) is 0 Å². The summed E-state index contributed by atoms with van der Waals surface area (Å²) in [4.78, 5) is 9.99. The van der Waals surface area contributed by atoms with Crippen LogP contribution in [0.4, 0.5) is 5.69 Å². The van der Waals surface area contributed by atoms with E-state index in [-0.39, 0.29) is 0 Å². The van der Waals surface area contributed by atoms with Crippen LogP contribution in [0.15, 0.2) is 35.8 Å². The summed E-state index contributed by atoms with van der Waals surface area (Å²) in [5.41, 5.74) is 4.41. The molecular weight excluding hydrogens is 344 g/mol. The Morgan fingerprint density at radius 2 is 2.19 bits per heavy atom. The Bertz CT molecular complexity index is 1120. The molecule has 3 heterocycles. The molecule has 26 heavy (non-hydrogen) atoms. The van der Waals surface area contributed by atoms with Crippen LogP contribution >= 0.6 is 11.3 Å². The van der Waals surface area contributed by atoms with Crippen molar-refractivity contribution in [3.8, 4) is 16.8 Å². The summed E-state index contributed by atoms with van der Waals surface area (Å²) in [7, 11) is 0. The number of thiophene rings is 1. The first-order chi connectivity index (χ1) is 12.7. The van der Waals surface area contributed by atoms with E-state index in [9.17, 15) is 5.26 Å². The molecule has 0 bridgehead atoms. The summed E-state index contributed by atoms with van der Waals surface area (Å²) < 4.78 is 0. The molecule has 0 saturated carbocycles. The Kier molecular flexibility index (Phi) is 4.11. The average molecular weight is 360 g/mol. The first-order valence-corrected chi connectivity index (χ1v) is 9.03. The lowest BCUT2D eigenvalue weighted by atomic mass is 10.0. The molecule has 0 aliphatic carbocycles. The smallest absolute Gasteiger partial charge is 0.191 e. The Morgan fingerprint density at radius 3 is 2.96 bits per heavy atom. The lowest BCUT2D eigenvalue weighted by molar-refractivity contribution is 0.955. The molecule has 128 valence electrons. The van der Waals surface area contributed by atoms with Crippen molar-refractivity contribution in [2.75, 3.05) is 5.32 Å². The van der Waals surface area contributed by atoms with Crippen LogP contribution in [0.25, 0.3) is 21.6 Å². The SMILES string of the molecule is Cc1cc(C)c2ncc(C#N)c(NCc3nc(-c4cccs4)n[nH]3)c2c1. The third kappa shape index (κ3) is 2.91. The Balaban J connectivity index is 1.68. The highest BCUT2D eigenvalue weighted by atomic mass is 32.1. The maximum absolute atomic E-state index is 9.48. The van der Waals surface area contributed by atoms with Gasteiger partial charge in [-0.25, -0.2) is 4.98 Å². The summed E-state index contributed by atoms with van der Waals surface area (Å²) in [6, 6.07) is 10.3. The standard InChI is InChI=1S/C19H16N6S/c1-11-6-12(2)17-14(7-11)18(13(8-20)9-21-17)22-10-16-23-19(25-24-16)15-4-3-5-26-15/h3-7,9H,10H2,1-2H3,(H,21,22)(H,23,24,25). The van der Waals surface area contributed by atoms with Crippen LogP contribution in [0.2, 0.25) is 0 Å². The van der Waals surface area contributed by atoms with Gasteiger partial charge in [0.1, 0.15) is 11.9 Å². The zero-order valence-corrected chi connectivity index (χ0v) is 15.2. The summed E-state index contributed by atoms with van der Waals surface area (Å²) in [5.74, 6) is 1.40. The average Bonchev–Trinajstić information content (AvgIpc) is 3.30. The maximum atomic E-state index is 9.48. The minimum absolute atomic E-state index is 0.444. The van der Waals surface area contributed by atoms with Gasteiger partial charge >= 0.3 is 0 Å². The molecule has 0 unspecified atom stereocenters. The molecule has 0 aliphatic rings. The monoisotopic (exact) mass is 360 g/mol. The Morgan fingerprint density at radius 1 is 1.31 bits per heavy atom. The molecule has 4 rings (SSSR count). The second-order valence-electron chi connectivity index (χ2n) is 6.07. The van der Waals surface area contributed by atoms with E-state index < -0.39 is 0 Å². The fourth-order valence-electron chi connectivity index (χ4n) is 3.00. The molecule has 6 nitrogen and oxygen atoms in total. The number of benzene rings is 1. The maximum Gasteiger partial charge on any atom is 0.191 e. The number of aromatic amines is 1. The third-order valence-corrected chi connectivity index (χ3v) is 5.00. The molecule has 0 radical (unpaired) electrons. The topological polar surface area (TPSA) is 90.3 Å². The molecule has 2 N–H and O–H groups in total. The van der Waals surface area contributed by atoms with E-state index in [1.165, 1.54) is 0 Å². The van der Waals surface area contributed by atoms with Crippen molar-refractivity contribution < 1.29 is 0 Å². The quantitative estimate of drug-likeness (QED) is 0.570. The molecule has 0 aliphatic heterocycles. The normalized spacial score (nSPS) is 10.8. The molecule has 1 aromatic carbocycles. The molecule has 0 fully saturated rings. The number of pyridine rings is 1. The van der Waals surface area contributed by atoms with Crippen molar-refractivity contribution in [3.05, 3.63) is 58.4 Å². The van der Waals surface area contributed by atoms with Crippen LogP contribution in [-0.2, 0) is 6.54 Å². The van der Waals surface area contributed by atoms with Gasteiger partial charge in [-0.3, -0.25) is 10.1 Å². The second kappa shape index (κ2) is 6.58. The van der Waals surface area contributed by atoms with Gasteiger partial charge in [-0.1, -0.05) is 17.7 Å². The van der Waals surface area contributed by atoms with E-state index in [4.69, 9.17) is 0 Å². The molecule has 0 saturated heterocycles. The highest BCUT2D eigenvalue weighted by molar-refractivity contribution is 7.13. The van der Waals surface area contributed by atoms with E-state index in [2.05, 4.69) is 43.7 Å². The predicted octanol–water partition coefficient (Wildman–Crippen LogP) is 4.18. The van der Waals surface area contributed by atoms with Crippen molar-refractivity contribution in [2.45, 2.75) is 20.4 Å². The first kappa shape index (κ1) is 16.2. The van der Waals surface area contributed by atoms with Crippen LogP contribution in [-0.4, -0.2) is 20.2 Å². The highest BCUT2D eigenvalue weighted by Gasteiger charge is 2.12. The number of hydrogen-bond acceptors (Lipinski definition) is 6. The summed E-state index contributed by atoms with van der Waals surface area (Å²) >= 11 is 1.60. The van der Waals surface area contributed by atoms with Gasteiger partial charge in [0.15, 0.2) is 5.82 Å². The number of H-pyrrole nitrogens is 1. The number of anilines is 1. The van der Waals surface area contributed by atoms with E-state index in [1.807, 2.05) is 31.4 Å². The zero-order valence-electron chi connectivity index (χ0n) is 14.4. The third-order valence-electron chi connectivity index (χ3n) is 4.13. The van der Waals surface area contributed by atoms with Crippen molar-refractivity contribution in [2.24, 2.45) is 0 Å². The minimum atomic E-state index is 0.444. The van der Waals surface area contributed by atoms with E-state index >= 15 is 0 Å². The Labute approximate surface area is 154 Å². The highest BCUT2D eigenvalue weighted by Crippen LogP contribution is 2.29. The molecule has 0 atom stereocenters. The largest absolute Gasteiger partial charge is 0.376 e. The van der Waals surface area contributed by atoms with E-state index in [1.54, 1.807) is 17.5 Å². The summed E-state index contributed by atoms with van der Waals surface area (Å²) in [5, 5.41) is 23.0. The van der Waals surface area contributed by atoms with Crippen molar-refractivity contribution in [3.63, 3.8) is 0 Å². The van der Waals surface area contributed by atoms with E-state index in [0.29, 0.717) is 23.8 Å². The first-order valence-electron chi connectivity index (χ1n) is 8.15. The van der Waals surface area contributed by atoms with Crippen molar-refractivity contribution in [1.82, 2.24) is 20.2 Å². The van der Waals surface area contributed by atoms with Gasteiger partial charge in [0.25, 0.3) is 0 Å². The number of nitrogens with one attached hydrogen (secondary N) is 2. The van der Waals surface area contributed by atoms with Crippen LogP contribution in [0.1, 0.15) is 22.5 Å². The minimum Gasteiger partial charge on any atom is -0.376 e. The van der Waals surface area contributed by atoms with Crippen LogP contribution in [0, 0.1) is 25.2 Å². The Hall–Kier alpha value is -3.24. The van der Waals surface area contributed by atoms with Crippen LogP contribution < -0.4 is 5.32 Å². The fourth-order valence-corrected chi connectivity index (χ4v) is 3.66. The summed E-state index contributed by atoms with van der Waals surface area (Å²) in [6.45, 7) is 4.51. The van der Waals surface area contributed by atoms with Crippen LogP contribution in [0.5, 0.6) is 0 Å². The molecule has 3 aromatic heterocycles. The van der Waals surface area contributed by atoms with Gasteiger partial charge in [-0.2, -0.15) is 10.4 Å². The van der Waals surface area contributed by atoms with Crippen LogP contribution in [0.3, 0.4) is 0 Å². The van der Waals surface area contributed by atoms with E-state index in [0.717, 1.165) is 32.6 Å². The lowest BCUT2D eigenvalue weighted by Crippen LogP contribution is -2.05. The number of nitriles is 1. The molecule has 7 heteroatoms. The molecule has 0 amide bonds. The van der Waals surface area contributed by atoms with Gasteiger partial charge in [0.05, 0.1) is 28.2 Å².